The summed E-state index contributed by atoms with van der Waals surface area (Å²) in [6.45, 7) is 1.66. The minimum absolute atomic E-state index is 0.230. The van der Waals surface area contributed by atoms with Crippen molar-refractivity contribution >= 4 is 44.8 Å². The molecule has 0 saturated heterocycles. The van der Waals surface area contributed by atoms with Crippen molar-refractivity contribution in [2.45, 2.75) is 37.5 Å². The predicted molar refractivity (Wildman–Crippen MR) is 136 cm³/mol. The lowest BCUT2D eigenvalue weighted by molar-refractivity contribution is 0.0667. The number of carbonyl (C=O) groups is 1. The quantitative estimate of drug-likeness (QED) is 0.236. The van der Waals surface area contributed by atoms with Gasteiger partial charge in [-0.3, -0.25) is 14.3 Å². The van der Waals surface area contributed by atoms with Gasteiger partial charge in [0.25, 0.3) is 0 Å². The number of aliphatic hydroxyl groups excluding tert-OH is 1. The van der Waals surface area contributed by atoms with E-state index in [1.54, 1.807) is 12.3 Å². The van der Waals surface area contributed by atoms with E-state index in [0.29, 0.717) is 27.8 Å². The number of nitrogens with one attached hydrogen (secondary N) is 2. The van der Waals surface area contributed by atoms with E-state index in [2.05, 4.69) is 20.3 Å². The van der Waals surface area contributed by atoms with E-state index in [1.165, 1.54) is 12.5 Å². The van der Waals surface area contributed by atoms with Gasteiger partial charge in [0.1, 0.15) is 18.2 Å². The summed E-state index contributed by atoms with van der Waals surface area (Å²) in [6, 6.07) is 5.29. The van der Waals surface area contributed by atoms with Gasteiger partial charge in [0, 0.05) is 36.5 Å². The maximum Gasteiger partial charge on any atom is 0.333 e. The summed E-state index contributed by atoms with van der Waals surface area (Å²) in [5, 5.41) is 13.5. The summed E-state index contributed by atoms with van der Waals surface area (Å²) >= 11 is 7.70. The average Bonchev–Trinajstić information content (AvgIpc) is 3.43. The van der Waals surface area contributed by atoms with Crippen molar-refractivity contribution in [2.24, 2.45) is 5.92 Å². The zero-order chi connectivity index (χ0) is 26.2. The highest BCUT2D eigenvalue weighted by Gasteiger charge is 2.35. The Morgan fingerprint density at radius 3 is 2.95 bits per heavy atom. The van der Waals surface area contributed by atoms with Crippen LogP contribution in [0.15, 0.2) is 36.9 Å². The Bertz CT molecular complexity index is 1420. The van der Waals surface area contributed by atoms with Crippen molar-refractivity contribution in [3.63, 3.8) is 0 Å². The first-order valence-corrected chi connectivity index (χ1v) is 14.0. The lowest BCUT2D eigenvalue weighted by atomic mass is 9.99. The van der Waals surface area contributed by atoms with Crippen molar-refractivity contribution < 1.29 is 27.6 Å². The molecule has 0 bridgehead atoms. The van der Waals surface area contributed by atoms with Gasteiger partial charge in [-0.25, -0.2) is 9.97 Å². The number of nitrogens with zero attached hydrogens (tertiary/aromatic N) is 3. The maximum atomic E-state index is 13.5. The monoisotopic (exact) mass is 564 g/mol. The van der Waals surface area contributed by atoms with Crippen LogP contribution in [0.3, 0.4) is 0 Å². The molecular formula is C23H23ClN5O6S2. The van der Waals surface area contributed by atoms with Crippen LogP contribution >= 0.6 is 22.9 Å². The highest BCUT2D eigenvalue weighted by Crippen LogP contribution is 2.40. The number of halogens is 1. The summed E-state index contributed by atoms with van der Waals surface area (Å²) in [4.78, 5) is 26.6. The van der Waals surface area contributed by atoms with Crippen molar-refractivity contribution in [3.8, 4) is 0 Å². The number of carbonyl (C=O) groups excluding carboxylic acids is 1. The molecule has 4 atom stereocenters. The second kappa shape index (κ2) is 10.7. The first kappa shape index (κ1) is 26.1. The van der Waals surface area contributed by atoms with Gasteiger partial charge in [-0.05, 0) is 37.0 Å². The number of rotatable bonds is 8. The second-order valence-corrected chi connectivity index (χ2v) is 11.6. The molecule has 5 rings (SSSR count). The Labute approximate surface area is 222 Å². The number of hydrogen-bond donors (Lipinski definition) is 4. The molecule has 1 radical (unpaired) electrons. The molecule has 0 unspecified atom stereocenters. The minimum atomic E-state index is -4.41. The first-order valence-electron chi connectivity index (χ1n) is 11.4. The molecule has 3 aromatic heterocycles. The standard InChI is InChI=1S/C23H23ClN5O6S2/c24-22-15(21-19-12(3-5-35-21)2-1-4-26-19)8-18(36-22)20(31)16-10-25-11-27-23(16)29-14-6-13(17(30)7-14)9-28-37(32,33)34/h1-2,4,8-11,13-14,17,21,28,30H,3,5-7H2,(H,25,27,29)(H,32,33,34)/t13-,14-,17+,21-/m1/s1. The average molecular weight is 565 g/mol. The van der Waals surface area contributed by atoms with Gasteiger partial charge < -0.3 is 15.2 Å². The first-order chi connectivity index (χ1) is 17.7. The van der Waals surface area contributed by atoms with Gasteiger partial charge in [0.15, 0.2) is 0 Å². The summed E-state index contributed by atoms with van der Waals surface area (Å²) in [6.07, 6.45) is 4.49. The Morgan fingerprint density at radius 2 is 2.14 bits per heavy atom. The molecule has 2 aliphatic rings. The van der Waals surface area contributed by atoms with Crippen LogP contribution < -0.4 is 10.0 Å². The van der Waals surface area contributed by atoms with Crippen LogP contribution in [0.2, 0.25) is 4.34 Å². The fraction of sp³-hybridized carbons (Fsp3) is 0.348. The molecule has 1 aliphatic carbocycles. The van der Waals surface area contributed by atoms with E-state index >= 15 is 0 Å². The Morgan fingerprint density at radius 1 is 1.30 bits per heavy atom. The fourth-order valence-corrected chi connectivity index (χ4v) is 6.25. The molecule has 4 heterocycles. The zero-order valence-electron chi connectivity index (χ0n) is 19.2. The molecular weight excluding hydrogens is 542 g/mol. The van der Waals surface area contributed by atoms with Crippen molar-refractivity contribution in [2.75, 3.05) is 11.9 Å². The molecule has 3 aromatic rings. The van der Waals surface area contributed by atoms with E-state index in [-0.39, 0.29) is 29.6 Å². The molecule has 1 aliphatic heterocycles. The van der Waals surface area contributed by atoms with Gasteiger partial charge in [-0.2, -0.15) is 13.1 Å². The van der Waals surface area contributed by atoms with Crippen LogP contribution in [0.4, 0.5) is 5.82 Å². The minimum Gasteiger partial charge on any atom is -0.393 e. The molecule has 0 aromatic carbocycles. The summed E-state index contributed by atoms with van der Waals surface area (Å²) in [5.74, 6) is -0.577. The number of pyridine rings is 1. The molecule has 14 heteroatoms. The third-order valence-electron chi connectivity index (χ3n) is 6.36. The van der Waals surface area contributed by atoms with Crippen molar-refractivity contribution in [1.29, 1.82) is 0 Å². The van der Waals surface area contributed by atoms with E-state index in [9.17, 15) is 18.3 Å². The molecule has 11 nitrogen and oxygen atoms in total. The molecule has 4 N–H and O–H groups in total. The topological polar surface area (TPSA) is 164 Å². The molecule has 1 saturated carbocycles. The molecule has 37 heavy (non-hydrogen) atoms. The van der Waals surface area contributed by atoms with E-state index in [1.807, 2.05) is 16.9 Å². The summed E-state index contributed by atoms with van der Waals surface area (Å²) < 4.78 is 39.1. The van der Waals surface area contributed by atoms with Gasteiger partial charge in [-0.1, -0.05) is 17.7 Å². The van der Waals surface area contributed by atoms with Crippen molar-refractivity contribution in [1.82, 2.24) is 19.7 Å². The largest absolute Gasteiger partial charge is 0.393 e. The summed E-state index contributed by atoms with van der Waals surface area (Å²) in [7, 11) is -4.41. The number of thiophene rings is 1. The van der Waals surface area contributed by atoms with Crippen LogP contribution in [0.25, 0.3) is 0 Å². The van der Waals surface area contributed by atoms with Crippen LogP contribution in [0.5, 0.6) is 0 Å². The number of ether oxygens (including phenoxy) is 1. The van der Waals surface area contributed by atoms with Crippen LogP contribution in [-0.4, -0.2) is 57.6 Å². The molecule has 1 fully saturated rings. The molecule has 195 valence electrons. The van der Waals surface area contributed by atoms with E-state index in [0.717, 1.165) is 35.6 Å². The predicted octanol–water partition coefficient (Wildman–Crippen LogP) is 2.59. The van der Waals surface area contributed by atoms with Crippen LogP contribution in [-0.2, 0) is 21.5 Å². The Kier molecular flexibility index (Phi) is 7.54. The number of ketones is 1. The number of aromatic nitrogens is 3. The summed E-state index contributed by atoms with van der Waals surface area (Å²) in [5.41, 5.74) is 2.77. The van der Waals surface area contributed by atoms with E-state index < -0.39 is 28.4 Å². The number of fused-ring (bicyclic) bond motifs is 1. The maximum absolute atomic E-state index is 13.5. The third kappa shape index (κ3) is 5.82. The number of anilines is 1. The van der Waals surface area contributed by atoms with Gasteiger partial charge in [-0.15, -0.1) is 11.3 Å². The lowest BCUT2D eigenvalue weighted by Gasteiger charge is -2.24. The van der Waals surface area contributed by atoms with Crippen LogP contribution in [0, 0.1) is 12.5 Å². The lowest BCUT2D eigenvalue weighted by Crippen LogP contribution is -2.27. The second-order valence-electron chi connectivity index (χ2n) is 8.81. The van der Waals surface area contributed by atoms with Gasteiger partial charge in [0.05, 0.1) is 33.2 Å². The highest BCUT2D eigenvalue weighted by atomic mass is 35.5. The van der Waals surface area contributed by atoms with Gasteiger partial charge >= 0.3 is 10.3 Å². The third-order valence-corrected chi connectivity index (χ3v) is 8.18. The Hall–Kier alpha value is -2.52. The van der Waals surface area contributed by atoms with Gasteiger partial charge in [0.2, 0.25) is 5.78 Å². The number of aliphatic hydroxyl groups is 1. The number of hydrogen-bond acceptors (Lipinski definition) is 10. The smallest absolute Gasteiger partial charge is 0.333 e. The highest BCUT2D eigenvalue weighted by molar-refractivity contribution is 7.83. The Balaban J connectivity index is 1.34. The van der Waals surface area contributed by atoms with E-state index in [4.69, 9.17) is 20.9 Å². The SMILES string of the molecule is O=C(c1cc([C@H]2OCCc3cccnc32)c(Cl)s1)c1cncnc1N[C@H]1C[C@H](O)[C@@H]([CH]NS(=O)(=O)O)C1. The zero-order valence-corrected chi connectivity index (χ0v) is 21.6. The molecule has 0 spiro atoms. The molecule has 0 amide bonds. The normalized spacial score (nSPS) is 23.5. The van der Waals surface area contributed by atoms with Crippen molar-refractivity contribution in [3.05, 3.63) is 75.1 Å². The van der Waals surface area contributed by atoms with Crippen LogP contribution in [0.1, 0.15) is 51.0 Å². The fourth-order valence-electron chi connectivity index (χ4n) is 4.63.